The highest BCUT2D eigenvalue weighted by Gasteiger charge is 2.34. The van der Waals surface area contributed by atoms with Crippen LogP contribution in [-0.4, -0.2) is 74.1 Å². The van der Waals surface area contributed by atoms with Gasteiger partial charge < -0.3 is 36.9 Å². The van der Waals surface area contributed by atoms with E-state index in [1.54, 1.807) is 13.1 Å². The number of aliphatic hydroxyl groups excluding tert-OH is 1. The Morgan fingerprint density at radius 2 is 1.65 bits per heavy atom. The monoisotopic (exact) mass is 482 g/mol. The number of aromatic amines is 1. The summed E-state index contributed by atoms with van der Waals surface area (Å²) < 4.78 is 0. The second kappa shape index (κ2) is 13.7. The van der Waals surface area contributed by atoms with E-state index in [0.717, 1.165) is 0 Å². The minimum absolute atomic E-state index is 0.0439. The normalized spacial score (nSPS) is 16.6. The topological polar surface area (TPSA) is 200 Å². The molecule has 12 nitrogen and oxygen atoms in total. The third-order valence-electron chi connectivity index (χ3n) is 5.51. The number of nitrogens with one attached hydrogen (secondary N) is 4. The molecular formula is C22H38N6O6. The van der Waals surface area contributed by atoms with Crippen molar-refractivity contribution >= 4 is 23.7 Å². The fraction of sp³-hybridized carbons (Fsp3) is 0.682. The molecular weight excluding hydrogens is 444 g/mol. The van der Waals surface area contributed by atoms with Gasteiger partial charge in [-0.15, -0.1) is 0 Å². The predicted octanol–water partition coefficient (Wildman–Crippen LogP) is -0.708. The third-order valence-corrected chi connectivity index (χ3v) is 5.51. The van der Waals surface area contributed by atoms with Crippen molar-refractivity contribution in [2.75, 3.05) is 0 Å². The number of rotatable bonds is 14. The summed E-state index contributed by atoms with van der Waals surface area (Å²) in [6, 6.07) is -4.46. The first-order valence-corrected chi connectivity index (χ1v) is 11.4. The van der Waals surface area contributed by atoms with Gasteiger partial charge >= 0.3 is 5.97 Å². The molecule has 1 rings (SSSR count). The number of aliphatic carboxylic acids is 1. The molecule has 6 unspecified atom stereocenters. The van der Waals surface area contributed by atoms with Crippen LogP contribution in [0.3, 0.4) is 0 Å². The van der Waals surface area contributed by atoms with Crippen LogP contribution in [0.5, 0.6) is 0 Å². The molecule has 192 valence electrons. The number of carboxylic acid groups (broad SMARTS) is 1. The predicted molar refractivity (Wildman–Crippen MR) is 124 cm³/mol. The van der Waals surface area contributed by atoms with Gasteiger partial charge in [-0.1, -0.05) is 34.1 Å². The van der Waals surface area contributed by atoms with Gasteiger partial charge in [0.15, 0.2) is 6.04 Å². The van der Waals surface area contributed by atoms with Crippen LogP contribution in [-0.2, 0) is 25.6 Å². The summed E-state index contributed by atoms with van der Waals surface area (Å²) in [5.41, 5.74) is 6.66. The van der Waals surface area contributed by atoms with Gasteiger partial charge in [0.05, 0.1) is 18.5 Å². The van der Waals surface area contributed by atoms with Gasteiger partial charge in [0.2, 0.25) is 17.7 Å². The van der Waals surface area contributed by atoms with Crippen molar-refractivity contribution < 1.29 is 29.4 Å². The zero-order valence-corrected chi connectivity index (χ0v) is 20.4. The minimum Gasteiger partial charge on any atom is -0.480 e. The molecule has 0 saturated heterocycles. The van der Waals surface area contributed by atoms with Crippen LogP contribution >= 0.6 is 0 Å². The van der Waals surface area contributed by atoms with E-state index in [0.29, 0.717) is 18.5 Å². The Balaban J connectivity index is 2.97. The first-order valence-electron chi connectivity index (χ1n) is 11.4. The molecule has 6 atom stereocenters. The Morgan fingerprint density at radius 3 is 2.12 bits per heavy atom. The van der Waals surface area contributed by atoms with E-state index in [4.69, 9.17) is 5.73 Å². The van der Waals surface area contributed by atoms with Crippen LogP contribution in [0.15, 0.2) is 12.5 Å². The number of amides is 3. The summed E-state index contributed by atoms with van der Waals surface area (Å²) in [7, 11) is 0. The van der Waals surface area contributed by atoms with Gasteiger partial charge in [-0.05, 0) is 25.2 Å². The number of carbonyl (C=O) groups is 4. The van der Waals surface area contributed by atoms with Crippen molar-refractivity contribution in [1.29, 1.82) is 0 Å². The number of H-pyrrole nitrogens is 1. The summed E-state index contributed by atoms with van der Waals surface area (Å²) in [5.74, 6) is -3.54. The molecule has 0 aromatic carbocycles. The molecule has 3 amide bonds. The minimum atomic E-state index is -1.53. The Bertz CT molecular complexity index is 813. The summed E-state index contributed by atoms with van der Waals surface area (Å²) in [5, 5.41) is 26.5. The lowest BCUT2D eigenvalue weighted by Crippen LogP contribution is -2.60. The standard InChI is InChI=1S/C22H38N6O6/c1-6-12(4)17(21(32)28-18(13(5)29)22(33)34)27-20(31)16(7-11(2)3)26-19(30)15(23)8-14-9-24-10-25-14/h9-13,15-18,29H,6-8,23H2,1-5H3,(H,24,25)(H,26,30)(H,27,31)(H,28,32)(H,33,34). The summed E-state index contributed by atoms with van der Waals surface area (Å²) in [6.45, 7) is 8.57. The smallest absolute Gasteiger partial charge is 0.328 e. The highest BCUT2D eigenvalue weighted by atomic mass is 16.4. The van der Waals surface area contributed by atoms with E-state index in [1.165, 1.54) is 13.3 Å². The molecule has 12 heteroatoms. The second-order valence-corrected chi connectivity index (χ2v) is 9.02. The second-order valence-electron chi connectivity index (χ2n) is 9.02. The number of imidazole rings is 1. The number of aromatic nitrogens is 2. The molecule has 0 bridgehead atoms. The number of aliphatic hydroxyl groups is 1. The van der Waals surface area contributed by atoms with Gasteiger partial charge in [0.1, 0.15) is 12.1 Å². The maximum atomic E-state index is 13.1. The number of carbonyl (C=O) groups excluding carboxylic acids is 3. The Labute approximate surface area is 199 Å². The van der Waals surface area contributed by atoms with Crippen molar-refractivity contribution in [2.45, 2.75) is 84.2 Å². The van der Waals surface area contributed by atoms with Crippen LogP contribution in [0.25, 0.3) is 0 Å². The van der Waals surface area contributed by atoms with Crippen LogP contribution in [0.2, 0.25) is 0 Å². The molecule has 0 fully saturated rings. The van der Waals surface area contributed by atoms with Crippen molar-refractivity contribution in [2.24, 2.45) is 17.6 Å². The number of carboxylic acids is 1. The van der Waals surface area contributed by atoms with E-state index in [9.17, 15) is 29.4 Å². The average molecular weight is 483 g/mol. The molecule has 8 N–H and O–H groups in total. The van der Waals surface area contributed by atoms with Gasteiger partial charge in [-0.2, -0.15) is 0 Å². The number of hydrogen-bond donors (Lipinski definition) is 7. The maximum absolute atomic E-state index is 13.1. The van der Waals surface area contributed by atoms with E-state index in [2.05, 4.69) is 25.9 Å². The van der Waals surface area contributed by atoms with Gasteiger partial charge in [0.25, 0.3) is 0 Å². The zero-order valence-electron chi connectivity index (χ0n) is 20.4. The Hall–Kier alpha value is -2.99. The van der Waals surface area contributed by atoms with Gasteiger partial charge in [-0.25, -0.2) is 9.78 Å². The average Bonchev–Trinajstić information content (AvgIpc) is 3.26. The molecule has 1 aromatic heterocycles. The van der Waals surface area contributed by atoms with Crippen LogP contribution in [0.4, 0.5) is 0 Å². The van der Waals surface area contributed by atoms with Crippen molar-refractivity contribution in [3.05, 3.63) is 18.2 Å². The highest BCUT2D eigenvalue weighted by Crippen LogP contribution is 2.12. The molecule has 0 radical (unpaired) electrons. The third kappa shape index (κ3) is 9.10. The molecule has 0 aliphatic heterocycles. The first-order chi connectivity index (χ1) is 15.9. The van der Waals surface area contributed by atoms with E-state index < -0.39 is 54.0 Å². The lowest BCUT2D eigenvalue weighted by Gasteiger charge is -2.29. The summed E-state index contributed by atoms with van der Waals surface area (Å²) in [6.07, 6.45) is 2.71. The van der Waals surface area contributed by atoms with Gasteiger partial charge in [-0.3, -0.25) is 14.4 Å². The quantitative estimate of drug-likeness (QED) is 0.180. The molecule has 34 heavy (non-hydrogen) atoms. The SMILES string of the molecule is CCC(C)C(NC(=O)C(CC(C)C)NC(=O)C(N)Cc1cnc[nH]1)C(=O)NC(C(=O)O)C(C)O. The fourth-order valence-corrected chi connectivity index (χ4v) is 3.30. The van der Waals surface area contributed by atoms with E-state index in [-0.39, 0.29) is 18.3 Å². The molecule has 1 aromatic rings. The van der Waals surface area contributed by atoms with E-state index in [1.807, 2.05) is 20.8 Å². The van der Waals surface area contributed by atoms with Crippen molar-refractivity contribution in [3.63, 3.8) is 0 Å². The molecule has 0 aliphatic rings. The van der Waals surface area contributed by atoms with Crippen molar-refractivity contribution in [3.8, 4) is 0 Å². The summed E-state index contributed by atoms with van der Waals surface area (Å²) >= 11 is 0. The first kappa shape index (κ1) is 29.0. The largest absolute Gasteiger partial charge is 0.480 e. The van der Waals surface area contributed by atoms with Crippen LogP contribution in [0.1, 0.15) is 53.2 Å². The number of hydrogen-bond acceptors (Lipinski definition) is 7. The van der Waals surface area contributed by atoms with Gasteiger partial charge in [0, 0.05) is 18.3 Å². The number of nitrogens with two attached hydrogens (primary N) is 1. The van der Waals surface area contributed by atoms with Crippen molar-refractivity contribution in [1.82, 2.24) is 25.9 Å². The Kier molecular flexibility index (Phi) is 11.7. The Morgan fingerprint density at radius 1 is 1.03 bits per heavy atom. The molecule has 0 spiro atoms. The fourth-order valence-electron chi connectivity index (χ4n) is 3.30. The lowest BCUT2D eigenvalue weighted by atomic mass is 9.96. The van der Waals surface area contributed by atoms with Crippen LogP contribution < -0.4 is 21.7 Å². The van der Waals surface area contributed by atoms with Crippen LogP contribution in [0, 0.1) is 11.8 Å². The maximum Gasteiger partial charge on any atom is 0.328 e. The zero-order chi connectivity index (χ0) is 26.0. The lowest BCUT2D eigenvalue weighted by molar-refractivity contribution is -0.145. The molecule has 0 saturated carbocycles. The summed E-state index contributed by atoms with van der Waals surface area (Å²) in [4.78, 5) is 56.7. The molecule has 0 aliphatic carbocycles. The number of nitrogens with zero attached hydrogens (tertiary/aromatic N) is 1. The highest BCUT2D eigenvalue weighted by molar-refractivity contribution is 5.94. The molecule has 1 heterocycles. The van der Waals surface area contributed by atoms with E-state index >= 15 is 0 Å².